The van der Waals surface area contributed by atoms with E-state index in [9.17, 15) is 37.3 Å². The van der Waals surface area contributed by atoms with Crippen LogP contribution in [0.3, 0.4) is 0 Å². The largest absolute Gasteiger partial charge is 0.394 e. The molecule has 1 heterocycles. The van der Waals surface area contributed by atoms with Gasteiger partial charge < -0.3 is 25.4 Å². The number of hydrogen-bond acceptors (Lipinski definition) is 8. The van der Waals surface area contributed by atoms with Crippen LogP contribution >= 0.6 is 35.0 Å². The number of thioether (sulfide) groups is 1. The van der Waals surface area contributed by atoms with Crippen molar-refractivity contribution in [3.8, 4) is 0 Å². The standard InChI is InChI=1S/C20H16Cl2F5N3O4S/c21-7-2-1-6(3-8(7)22)35-20-19(33)17(18(32)10(5-31)34-20)29-4-9(30-28)11-12(23)14(25)16(27)15(26)13(11)24/h1-4,10,17-20,28-29,31-33H,5H2/b9-4-,30-28?/t10?,17?,18-,19?,20+/m0/s1. The van der Waals surface area contributed by atoms with Crippen molar-refractivity contribution >= 4 is 40.7 Å². The quantitative estimate of drug-likeness (QED) is 0.150. The molecule has 0 bridgehead atoms. The van der Waals surface area contributed by atoms with E-state index in [1.54, 1.807) is 6.07 Å². The molecular formula is C20H16Cl2F5N3O4S. The average molecular weight is 560 g/mol. The summed E-state index contributed by atoms with van der Waals surface area (Å²) in [4.78, 5) is 0.495. The molecule has 5 atom stereocenters. The van der Waals surface area contributed by atoms with E-state index in [0.717, 1.165) is 11.8 Å². The predicted octanol–water partition coefficient (Wildman–Crippen LogP) is 4.21. The Labute approximate surface area is 209 Å². The first kappa shape index (κ1) is 27.6. The second-order valence-corrected chi connectivity index (χ2v) is 9.17. The van der Waals surface area contributed by atoms with Crippen LogP contribution in [-0.4, -0.2) is 51.7 Å². The third kappa shape index (κ3) is 5.56. The number of ether oxygens (including phenoxy) is 1. The number of aliphatic hydroxyl groups is 3. The molecule has 0 aliphatic carbocycles. The number of nitrogens with one attached hydrogen (secondary N) is 2. The van der Waals surface area contributed by atoms with Gasteiger partial charge in [-0.1, -0.05) is 35.0 Å². The van der Waals surface area contributed by atoms with Crippen molar-refractivity contribution in [2.45, 2.75) is 34.7 Å². The van der Waals surface area contributed by atoms with E-state index in [1.807, 2.05) is 0 Å². The molecule has 7 nitrogen and oxygen atoms in total. The van der Waals surface area contributed by atoms with Crippen LogP contribution in [0.25, 0.3) is 5.70 Å². The minimum Gasteiger partial charge on any atom is -0.394 e. The van der Waals surface area contributed by atoms with E-state index in [-0.39, 0.29) is 10.0 Å². The highest BCUT2D eigenvalue weighted by Gasteiger charge is 2.44. The van der Waals surface area contributed by atoms with E-state index in [1.165, 1.54) is 12.1 Å². The van der Waals surface area contributed by atoms with E-state index < -0.39 is 76.7 Å². The third-order valence-electron chi connectivity index (χ3n) is 5.03. The van der Waals surface area contributed by atoms with Gasteiger partial charge in [0.25, 0.3) is 0 Å². The summed E-state index contributed by atoms with van der Waals surface area (Å²) in [6.45, 7) is -0.693. The van der Waals surface area contributed by atoms with E-state index in [0.29, 0.717) is 11.1 Å². The second kappa shape index (κ2) is 11.4. The molecular weight excluding hydrogens is 544 g/mol. The van der Waals surface area contributed by atoms with Crippen molar-refractivity contribution in [3.05, 3.63) is 69.1 Å². The molecule has 3 unspecified atom stereocenters. The van der Waals surface area contributed by atoms with Crippen molar-refractivity contribution in [2.75, 3.05) is 6.61 Å². The van der Waals surface area contributed by atoms with Gasteiger partial charge in [0.1, 0.15) is 29.4 Å². The number of hydrogen-bond donors (Lipinski definition) is 5. The number of benzene rings is 2. The summed E-state index contributed by atoms with van der Waals surface area (Å²) in [5, 5.41) is 36.5. The Morgan fingerprint density at radius 3 is 2.17 bits per heavy atom. The van der Waals surface area contributed by atoms with Gasteiger partial charge in [-0.25, -0.2) is 27.5 Å². The Balaban J connectivity index is 1.92. The van der Waals surface area contributed by atoms with Crippen LogP contribution in [0.4, 0.5) is 22.0 Å². The highest BCUT2D eigenvalue weighted by atomic mass is 35.5. The molecule has 0 aromatic heterocycles. The van der Waals surface area contributed by atoms with Gasteiger partial charge >= 0.3 is 0 Å². The van der Waals surface area contributed by atoms with Crippen LogP contribution in [0.2, 0.25) is 10.0 Å². The van der Waals surface area contributed by atoms with Gasteiger partial charge in [0.2, 0.25) is 5.82 Å². The maximum Gasteiger partial charge on any atom is 0.200 e. The first-order chi connectivity index (χ1) is 16.5. The highest BCUT2D eigenvalue weighted by molar-refractivity contribution is 7.99. The van der Waals surface area contributed by atoms with Gasteiger partial charge in [-0.05, 0) is 18.2 Å². The van der Waals surface area contributed by atoms with Crippen LogP contribution in [0.5, 0.6) is 0 Å². The summed E-state index contributed by atoms with van der Waals surface area (Å²) in [6, 6.07) is 3.15. The first-order valence-electron chi connectivity index (χ1n) is 9.61. The molecule has 0 saturated carbocycles. The normalized spacial score (nSPS) is 25.0. The number of aliphatic hydroxyl groups excluding tert-OH is 3. The number of nitrogens with zero attached hydrogens (tertiary/aromatic N) is 1. The second-order valence-electron chi connectivity index (χ2n) is 7.18. The Morgan fingerprint density at radius 2 is 1.63 bits per heavy atom. The highest BCUT2D eigenvalue weighted by Crippen LogP contribution is 2.36. The maximum absolute atomic E-state index is 14.1. The van der Waals surface area contributed by atoms with Crippen molar-refractivity contribution in [2.24, 2.45) is 5.11 Å². The summed E-state index contributed by atoms with van der Waals surface area (Å²) >= 11 is 12.8. The van der Waals surface area contributed by atoms with Crippen LogP contribution < -0.4 is 5.32 Å². The zero-order valence-electron chi connectivity index (χ0n) is 17.2. The summed E-state index contributed by atoms with van der Waals surface area (Å²) in [5.41, 5.74) is 3.51. The molecule has 2 aromatic rings. The summed E-state index contributed by atoms with van der Waals surface area (Å²) in [7, 11) is 0. The molecule has 0 spiro atoms. The number of halogens is 7. The fraction of sp³-hybridized carbons (Fsp3) is 0.300. The predicted molar refractivity (Wildman–Crippen MR) is 116 cm³/mol. The fourth-order valence-electron chi connectivity index (χ4n) is 3.23. The lowest BCUT2D eigenvalue weighted by Crippen LogP contribution is -2.61. The van der Waals surface area contributed by atoms with Crippen LogP contribution in [0, 0.1) is 34.6 Å². The zero-order chi connectivity index (χ0) is 26.0. The van der Waals surface area contributed by atoms with E-state index in [2.05, 4.69) is 10.4 Å². The van der Waals surface area contributed by atoms with Crippen LogP contribution in [-0.2, 0) is 4.74 Å². The minimum absolute atomic E-state index is 0.211. The monoisotopic (exact) mass is 559 g/mol. The fourth-order valence-corrected chi connectivity index (χ4v) is 4.70. The lowest BCUT2D eigenvalue weighted by Gasteiger charge is -2.42. The molecule has 5 N–H and O–H groups in total. The van der Waals surface area contributed by atoms with E-state index >= 15 is 0 Å². The maximum atomic E-state index is 14.1. The van der Waals surface area contributed by atoms with Crippen molar-refractivity contribution in [1.82, 2.24) is 5.32 Å². The van der Waals surface area contributed by atoms with Gasteiger partial charge in [0.15, 0.2) is 23.3 Å². The van der Waals surface area contributed by atoms with Gasteiger partial charge in [-0.3, -0.25) is 0 Å². The molecule has 1 aliphatic rings. The Bertz CT molecular complexity index is 1130. The zero-order valence-corrected chi connectivity index (χ0v) is 19.5. The van der Waals surface area contributed by atoms with E-state index in [4.69, 9.17) is 33.5 Å². The van der Waals surface area contributed by atoms with Crippen molar-refractivity contribution in [1.29, 1.82) is 5.53 Å². The molecule has 190 valence electrons. The van der Waals surface area contributed by atoms with Crippen LogP contribution in [0.1, 0.15) is 5.56 Å². The summed E-state index contributed by atoms with van der Waals surface area (Å²) < 4.78 is 74.3. The Morgan fingerprint density at radius 1 is 1.03 bits per heavy atom. The molecule has 0 radical (unpaired) electrons. The molecule has 2 aromatic carbocycles. The van der Waals surface area contributed by atoms with Gasteiger partial charge in [-0.15, -0.1) is 0 Å². The van der Waals surface area contributed by atoms with Gasteiger partial charge in [-0.2, -0.15) is 5.11 Å². The topological polar surface area (TPSA) is 118 Å². The minimum atomic E-state index is -2.38. The number of rotatable bonds is 7. The van der Waals surface area contributed by atoms with Gasteiger partial charge in [0, 0.05) is 11.1 Å². The molecule has 15 heteroatoms. The van der Waals surface area contributed by atoms with Gasteiger partial charge in [0.05, 0.1) is 28.3 Å². The Hall–Kier alpha value is -2.00. The molecule has 1 aliphatic heterocycles. The lowest BCUT2D eigenvalue weighted by molar-refractivity contribution is -0.164. The SMILES string of the molecule is N=N/C(=C\NC1C(O)[C@@H](Sc2ccc(Cl)c(Cl)c2)OC(CO)[C@@H]1O)c1c(F)c(F)c(F)c(F)c1F. The summed E-state index contributed by atoms with van der Waals surface area (Å²) in [6.07, 6.45) is -3.79. The average Bonchev–Trinajstić information content (AvgIpc) is 2.84. The van der Waals surface area contributed by atoms with Crippen molar-refractivity contribution in [3.63, 3.8) is 0 Å². The smallest absolute Gasteiger partial charge is 0.200 e. The molecule has 3 rings (SSSR count). The molecule has 1 saturated heterocycles. The lowest BCUT2D eigenvalue weighted by atomic mass is 9.97. The summed E-state index contributed by atoms with van der Waals surface area (Å²) in [5.74, 6) is -11.3. The van der Waals surface area contributed by atoms with Crippen molar-refractivity contribution < 1.29 is 42.0 Å². The van der Waals surface area contributed by atoms with Crippen LogP contribution in [0.15, 0.2) is 34.4 Å². The molecule has 0 amide bonds. The Kier molecular flexibility index (Phi) is 8.96. The molecule has 1 fully saturated rings. The first-order valence-corrected chi connectivity index (χ1v) is 11.2. The molecule has 35 heavy (non-hydrogen) atoms. The third-order valence-corrected chi connectivity index (χ3v) is 6.91.